The van der Waals surface area contributed by atoms with Crippen molar-refractivity contribution in [3.63, 3.8) is 0 Å². The molecule has 0 spiro atoms. The van der Waals surface area contributed by atoms with Gasteiger partial charge in [0.15, 0.2) is 5.82 Å². The second-order valence-corrected chi connectivity index (χ2v) is 6.14. The van der Waals surface area contributed by atoms with E-state index in [1.54, 1.807) is 31.0 Å². The summed E-state index contributed by atoms with van der Waals surface area (Å²) in [4.78, 5) is 18.7. The molecule has 3 rings (SSSR count). The smallest absolute Gasteiger partial charge is 0.258 e. The van der Waals surface area contributed by atoms with E-state index < -0.39 is 0 Å². The Morgan fingerprint density at radius 2 is 2.17 bits per heavy atom. The Hall–Kier alpha value is -2.21. The predicted octanol–water partition coefficient (Wildman–Crippen LogP) is 2.28. The normalized spacial score (nSPS) is 20.7. The maximum Gasteiger partial charge on any atom is 0.258 e. The van der Waals surface area contributed by atoms with Gasteiger partial charge in [-0.15, -0.1) is 0 Å². The fraction of sp³-hybridized carbons (Fsp3) is 0.471. The van der Waals surface area contributed by atoms with Gasteiger partial charge in [0.2, 0.25) is 0 Å². The Kier molecular flexibility index (Phi) is 4.43. The van der Waals surface area contributed by atoms with E-state index in [-0.39, 0.29) is 17.9 Å². The number of rotatable bonds is 4. The van der Waals surface area contributed by atoms with Crippen LogP contribution in [0.4, 0.5) is 0 Å². The first-order valence-corrected chi connectivity index (χ1v) is 7.89. The summed E-state index contributed by atoms with van der Waals surface area (Å²) in [7, 11) is 1.77. The molecule has 0 radical (unpaired) electrons. The van der Waals surface area contributed by atoms with E-state index in [1.165, 1.54) is 0 Å². The van der Waals surface area contributed by atoms with E-state index in [4.69, 9.17) is 4.52 Å². The molecule has 1 fully saturated rings. The number of carbonyl (C=O) groups excluding carboxylic acids is 1. The van der Waals surface area contributed by atoms with Crippen molar-refractivity contribution in [2.24, 2.45) is 5.92 Å². The predicted molar refractivity (Wildman–Crippen MR) is 84.8 cm³/mol. The number of aryl methyl sites for hydroxylation is 1. The van der Waals surface area contributed by atoms with E-state index in [0.29, 0.717) is 29.4 Å². The SMILES string of the molecule is Cc1noc(-c2ccccc2C(=O)N(C)CC2CCCC2O)n1. The maximum absolute atomic E-state index is 12.8. The molecule has 0 bridgehead atoms. The Morgan fingerprint density at radius 3 is 2.83 bits per heavy atom. The number of hydrogen-bond acceptors (Lipinski definition) is 5. The van der Waals surface area contributed by atoms with Crippen LogP contribution < -0.4 is 0 Å². The van der Waals surface area contributed by atoms with Crippen molar-refractivity contribution in [3.05, 3.63) is 35.7 Å². The van der Waals surface area contributed by atoms with Crippen LogP contribution in [0.3, 0.4) is 0 Å². The molecular weight excluding hydrogens is 294 g/mol. The molecule has 2 aromatic rings. The summed E-state index contributed by atoms with van der Waals surface area (Å²) in [5.41, 5.74) is 1.17. The molecule has 2 atom stereocenters. The molecule has 1 aromatic heterocycles. The van der Waals surface area contributed by atoms with Crippen molar-refractivity contribution >= 4 is 5.91 Å². The molecule has 1 N–H and O–H groups in total. The fourth-order valence-electron chi connectivity index (χ4n) is 3.13. The Balaban J connectivity index is 1.82. The van der Waals surface area contributed by atoms with E-state index in [9.17, 15) is 9.90 Å². The molecule has 1 saturated carbocycles. The lowest BCUT2D eigenvalue weighted by molar-refractivity contribution is 0.0694. The molecule has 122 valence electrons. The number of aliphatic hydroxyl groups is 1. The first-order valence-electron chi connectivity index (χ1n) is 7.89. The fourth-order valence-corrected chi connectivity index (χ4v) is 3.13. The van der Waals surface area contributed by atoms with E-state index in [0.717, 1.165) is 19.3 Å². The molecule has 0 saturated heterocycles. The molecule has 1 aromatic carbocycles. The molecule has 2 unspecified atom stereocenters. The summed E-state index contributed by atoms with van der Waals surface area (Å²) >= 11 is 0. The minimum atomic E-state index is -0.306. The monoisotopic (exact) mass is 315 g/mol. The van der Waals surface area contributed by atoms with Gasteiger partial charge in [0.25, 0.3) is 11.8 Å². The topological polar surface area (TPSA) is 79.5 Å². The number of carbonyl (C=O) groups is 1. The zero-order valence-corrected chi connectivity index (χ0v) is 13.4. The van der Waals surface area contributed by atoms with Gasteiger partial charge >= 0.3 is 0 Å². The number of hydrogen-bond donors (Lipinski definition) is 1. The summed E-state index contributed by atoms with van der Waals surface area (Å²) in [6.45, 7) is 2.29. The summed E-state index contributed by atoms with van der Waals surface area (Å²) in [5.74, 6) is 0.933. The van der Waals surface area contributed by atoms with Gasteiger partial charge in [-0.1, -0.05) is 23.7 Å². The highest BCUT2D eigenvalue weighted by Gasteiger charge is 2.28. The lowest BCUT2D eigenvalue weighted by Gasteiger charge is -2.24. The second kappa shape index (κ2) is 6.50. The van der Waals surface area contributed by atoms with Crippen LogP contribution in [0, 0.1) is 12.8 Å². The van der Waals surface area contributed by atoms with Gasteiger partial charge in [-0.2, -0.15) is 4.98 Å². The van der Waals surface area contributed by atoms with Crippen LogP contribution >= 0.6 is 0 Å². The van der Waals surface area contributed by atoms with Gasteiger partial charge in [0, 0.05) is 19.5 Å². The first-order chi connectivity index (χ1) is 11.1. The van der Waals surface area contributed by atoms with Crippen LogP contribution in [0.1, 0.15) is 35.4 Å². The molecular formula is C17H21N3O3. The molecule has 1 aliphatic carbocycles. The number of aromatic nitrogens is 2. The molecule has 6 nitrogen and oxygen atoms in total. The van der Waals surface area contributed by atoms with Crippen molar-refractivity contribution in [1.29, 1.82) is 0 Å². The molecule has 1 amide bonds. The standard InChI is InChI=1S/C17H21N3O3/c1-11-18-16(23-19-11)13-7-3-4-8-14(13)17(22)20(2)10-12-6-5-9-15(12)21/h3-4,7-8,12,15,21H,5-6,9-10H2,1-2H3. The van der Waals surface area contributed by atoms with Crippen molar-refractivity contribution in [2.45, 2.75) is 32.3 Å². The van der Waals surface area contributed by atoms with Crippen molar-refractivity contribution in [3.8, 4) is 11.5 Å². The number of benzene rings is 1. The third-order valence-electron chi connectivity index (χ3n) is 4.39. The Bertz CT molecular complexity index is 698. The lowest BCUT2D eigenvalue weighted by Crippen LogP contribution is -2.34. The highest BCUT2D eigenvalue weighted by atomic mass is 16.5. The average molecular weight is 315 g/mol. The summed E-state index contributed by atoms with van der Waals surface area (Å²) in [5, 5.41) is 13.7. The highest BCUT2D eigenvalue weighted by Crippen LogP contribution is 2.27. The summed E-state index contributed by atoms with van der Waals surface area (Å²) in [6.07, 6.45) is 2.50. The largest absolute Gasteiger partial charge is 0.393 e. The van der Waals surface area contributed by atoms with Crippen LogP contribution in [0.15, 0.2) is 28.8 Å². The van der Waals surface area contributed by atoms with E-state index in [1.807, 2.05) is 12.1 Å². The zero-order valence-electron chi connectivity index (χ0n) is 13.4. The second-order valence-electron chi connectivity index (χ2n) is 6.14. The Labute approximate surface area is 135 Å². The average Bonchev–Trinajstić information content (AvgIpc) is 3.15. The summed E-state index contributed by atoms with van der Waals surface area (Å²) < 4.78 is 5.20. The van der Waals surface area contributed by atoms with Crippen molar-refractivity contribution in [1.82, 2.24) is 15.0 Å². The van der Waals surface area contributed by atoms with Crippen molar-refractivity contribution < 1.29 is 14.4 Å². The third kappa shape index (κ3) is 3.27. The minimum Gasteiger partial charge on any atom is -0.393 e. The quantitative estimate of drug-likeness (QED) is 0.936. The van der Waals surface area contributed by atoms with E-state index >= 15 is 0 Å². The molecule has 23 heavy (non-hydrogen) atoms. The van der Waals surface area contributed by atoms with Gasteiger partial charge in [0.1, 0.15) is 0 Å². The lowest BCUT2D eigenvalue weighted by atomic mass is 10.0. The van der Waals surface area contributed by atoms with Gasteiger partial charge < -0.3 is 14.5 Å². The van der Waals surface area contributed by atoms with Gasteiger partial charge in [-0.05, 0) is 31.9 Å². The van der Waals surface area contributed by atoms with Crippen LogP contribution in [0.2, 0.25) is 0 Å². The number of amides is 1. The third-order valence-corrected chi connectivity index (χ3v) is 4.39. The van der Waals surface area contributed by atoms with Gasteiger partial charge in [-0.3, -0.25) is 4.79 Å². The zero-order chi connectivity index (χ0) is 16.4. The van der Waals surface area contributed by atoms with Crippen LogP contribution in [-0.2, 0) is 0 Å². The first kappa shape index (κ1) is 15.7. The molecule has 1 aliphatic rings. The minimum absolute atomic E-state index is 0.101. The van der Waals surface area contributed by atoms with Crippen LogP contribution in [0.5, 0.6) is 0 Å². The maximum atomic E-state index is 12.8. The summed E-state index contributed by atoms with van der Waals surface area (Å²) in [6, 6.07) is 7.22. The molecule has 1 heterocycles. The highest BCUT2D eigenvalue weighted by molar-refractivity contribution is 5.99. The molecule has 0 aliphatic heterocycles. The van der Waals surface area contributed by atoms with Crippen LogP contribution in [0.25, 0.3) is 11.5 Å². The number of aliphatic hydroxyl groups excluding tert-OH is 1. The van der Waals surface area contributed by atoms with Gasteiger partial charge in [-0.25, -0.2) is 0 Å². The van der Waals surface area contributed by atoms with Crippen LogP contribution in [-0.4, -0.2) is 45.8 Å². The van der Waals surface area contributed by atoms with Crippen molar-refractivity contribution in [2.75, 3.05) is 13.6 Å². The molecule has 6 heteroatoms. The van der Waals surface area contributed by atoms with Gasteiger partial charge in [0.05, 0.1) is 17.2 Å². The van der Waals surface area contributed by atoms with E-state index in [2.05, 4.69) is 10.1 Å². The Morgan fingerprint density at radius 1 is 1.39 bits per heavy atom. The number of nitrogens with zero attached hydrogens (tertiary/aromatic N) is 3.